The monoisotopic (exact) mass is 238 g/mol. The SMILES string of the molecule is O=C(NCc1ncon1)c1cc(C(=O)O)on1. The number of nitrogens with one attached hydrogen (secondary N) is 1. The minimum atomic E-state index is -1.30. The Kier molecular flexibility index (Phi) is 2.81. The van der Waals surface area contributed by atoms with Crippen molar-refractivity contribution < 1.29 is 23.7 Å². The van der Waals surface area contributed by atoms with Crippen LogP contribution < -0.4 is 5.32 Å². The molecule has 0 aliphatic carbocycles. The van der Waals surface area contributed by atoms with Gasteiger partial charge in [-0.25, -0.2) is 4.79 Å². The second kappa shape index (κ2) is 4.43. The van der Waals surface area contributed by atoms with Crippen molar-refractivity contribution in [3.05, 3.63) is 29.7 Å². The van der Waals surface area contributed by atoms with Crippen LogP contribution in [0.4, 0.5) is 0 Å². The van der Waals surface area contributed by atoms with Gasteiger partial charge in [-0.3, -0.25) is 4.79 Å². The smallest absolute Gasteiger partial charge is 0.374 e. The van der Waals surface area contributed by atoms with E-state index in [1.54, 1.807) is 0 Å². The highest BCUT2D eigenvalue weighted by molar-refractivity contribution is 5.94. The first-order valence-electron chi connectivity index (χ1n) is 4.40. The third kappa shape index (κ3) is 2.45. The molecule has 0 saturated heterocycles. The maximum atomic E-state index is 11.5. The number of hydrogen-bond acceptors (Lipinski definition) is 7. The van der Waals surface area contributed by atoms with Crippen molar-refractivity contribution in [2.75, 3.05) is 0 Å². The molecule has 0 aliphatic rings. The normalized spacial score (nSPS) is 10.1. The average molecular weight is 238 g/mol. The van der Waals surface area contributed by atoms with Gasteiger partial charge in [0.15, 0.2) is 11.5 Å². The Morgan fingerprint density at radius 2 is 2.24 bits per heavy atom. The number of aromatic nitrogens is 3. The minimum Gasteiger partial charge on any atom is -0.475 e. The van der Waals surface area contributed by atoms with E-state index in [2.05, 4.69) is 29.7 Å². The molecule has 9 heteroatoms. The van der Waals surface area contributed by atoms with Gasteiger partial charge in [0.2, 0.25) is 12.2 Å². The van der Waals surface area contributed by atoms with E-state index < -0.39 is 17.6 Å². The van der Waals surface area contributed by atoms with Crippen LogP contribution >= 0.6 is 0 Å². The Bertz CT molecular complexity index is 532. The maximum absolute atomic E-state index is 11.5. The second-order valence-electron chi connectivity index (χ2n) is 2.91. The van der Waals surface area contributed by atoms with Crippen LogP contribution in [0, 0.1) is 0 Å². The summed E-state index contributed by atoms with van der Waals surface area (Å²) >= 11 is 0. The molecular formula is C8H6N4O5. The predicted octanol–water partition coefficient (Wildman–Crippen LogP) is -0.314. The van der Waals surface area contributed by atoms with Crippen molar-refractivity contribution in [3.63, 3.8) is 0 Å². The summed E-state index contributed by atoms with van der Waals surface area (Å²) in [5, 5.41) is 17.8. The molecule has 0 unspecified atom stereocenters. The van der Waals surface area contributed by atoms with E-state index in [4.69, 9.17) is 5.11 Å². The van der Waals surface area contributed by atoms with E-state index in [1.807, 2.05) is 0 Å². The molecule has 0 bridgehead atoms. The van der Waals surface area contributed by atoms with Gasteiger partial charge in [0.1, 0.15) is 0 Å². The first kappa shape index (κ1) is 10.8. The van der Waals surface area contributed by atoms with Crippen LogP contribution in [0.2, 0.25) is 0 Å². The van der Waals surface area contributed by atoms with E-state index >= 15 is 0 Å². The van der Waals surface area contributed by atoms with Gasteiger partial charge in [-0.1, -0.05) is 10.3 Å². The summed E-state index contributed by atoms with van der Waals surface area (Å²) in [4.78, 5) is 25.6. The summed E-state index contributed by atoms with van der Waals surface area (Å²) in [7, 11) is 0. The molecule has 88 valence electrons. The first-order chi connectivity index (χ1) is 8.16. The maximum Gasteiger partial charge on any atom is 0.374 e. The third-order valence-electron chi connectivity index (χ3n) is 1.77. The summed E-state index contributed by atoms with van der Waals surface area (Å²) in [6.45, 7) is 0.0462. The zero-order chi connectivity index (χ0) is 12.3. The van der Waals surface area contributed by atoms with Crippen molar-refractivity contribution in [1.29, 1.82) is 0 Å². The van der Waals surface area contributed by atoms with E-state index in [9.17, 15) is 9.59 Å². The number of nitrogens with zero attached hydrogens (tertiary/aromatic N) is 3. The van der Waals surface area contributed by atoms with E-state index in [0.717, 1.165) is 12.5 Å². The fourth-order valence-corrected chi connectivity index (χ4v) is 1.00. The summed E-state index contributed by atoms with van der Waals surface area (Å²) < 4.78 is 8.89. The van der Waals surface area contributed by atoms with E-state index in [-0.39, 0.29) is 12.2 Å². The lowest BCUT2D eigenvalue weighted by Crippen LogP contribution is -2.23. The molecule has 0 atom stereocenters. The fourth-order valence-electron chi connectivity index (χ4n) is 1.00. The highest BCUT2D eigenvalue weighted by Gasteiger charge is 2.16. The number of carboxylic acids is 1. The minimum absolute atomic E-state index is 0.0462. The molecule has 2 rings (SSSR count). The molecule has 0 fully saturated rings. The molecule has 2 N–H and O–H groups in total. The topological polar surface area (TPSA) is 131 Å². The standard InChI is InChI=1S/C8H6N4O5/c13-7(9-2-6-10-3-16-12-6)4-1-5(8(14)15)17-11-4/h1,3H,2H2,(H,9,13)(H,14,15). The van der Waals surface area contributed by atoms with Crippen LogP contribution in [0.15, 0.2) is 21.5 Å². The molecule has 0 aromatic carbocycles. The molecule has 2 aromatic heterocycles. The molecule has 17 heavy (non-hydrogen) atoms. The van der Waals surface area contributed by atoms with Gasteiger partial charge in [-0.05, 0) is 0 Å². The Morgan fingerprint density at radius 1 is 1.41 bits per heavy atom. The zero-order valence-corrected chi connectivity index (χ0v) is 8.28. The lowest BCUT2D eigenvalue weighted by molar-refractivity contribution is 0.0651. The molecule has 0 radical (unpaired) electrons. The number of aromatic carboxylic acids is 1. The lowest BCUT2D eigenvalue weighted by atomic mass is 10.3. The molecular weight excluding hydrogens is 232 g/mol. The van der Waals surface area contributed by atoms with Crippen molar-refractivity contribution >= 4 is 11.9 Å². The Hall–Kier alpha value is -2.71. The van der Waals surface area contributed by atoms with Gasteiger partial charge in [0.25, 0.3) is 5.91 Å². The summed E-state index contributed by atoms with van der Waals surface area (Å²) in [5.41, 5.74) is -0.133. The van der Waals surface area contributed by atoms with E-state index in [1.165, 1.54) is 0 Å². The Labute approximate surface area is 93.4 Å². The van der Waals surface area contributed by atoms with Gasteiger partial charge in [0.05, 0.1) is 6.54 Å². The third-order valence-corrected chi connectivity index (χ3v) is 1.77. The van der Waals surface area contributed by atoms with Crippen LogP contribution in [0.1, 0.15) is 26.9 Å². The van der Waals surface area contributed by atoms with Crippen LogP contribution in [0.25, 0.3) is 0 Å². The molecule has 1 amide bonds. The number of carbonyl (C=O) groups excluding carboxylic acids is 1. The largest absolute Gasteiger partial charge is 0.475 e. The van der Waals surface area contributed by atoms with Gasteiger partial charge < -0.3 is 19.5 Å². The molecule has 0 aliphatic heterocycles. The average Bonchev–Trinajstić information content (AvgIpc) is 2.96. The summed E-state index contributed by atoms with van der Waals surface area (Å²) in [5.74, 6) is -2.00. The van der Waals surface area contributed by atoms with Gasteiger partial charge in [0, 0.05) is 6.07 Å². The van der Waals surface area contributed by atoms with Gasteiger partial charge in [-0.15, -0.1) is 0 Å². The quantitative estimate of drug-likeness (QED) is 0.740. The molecule has 2 aromatic rings. The van der Waals surface area contributed by atoms with Crippen molar-refractivity contribution in [2.45, 2.75) is 6.54 Å². The lowest BCUT2D eigenvalue weighted by Gasteiger charge is -1.96. The van der Waals surface area contributed by atoms with Gasteiger partial charge >= 0.3 is 5.97 Å². The van der Waals surface area contributed by atoms with Crippen LogP contribution in [-0.2, 0) is 6.54 Å². The van der Waals surface area contributed by atoms with Gasteiger partial charge in [-0.2, -0.15) is 4.98 Å². The molecule has 0 spiro atoms. The van der Waals surface area contributed by atoms with Crippen LogP contribution in [0.3, 0.4) is 0 Å². The second-order valence-corrected chi connectivity index (χ2v) is 2.91. The number of carbonyl (C=O) groups is 2. The van der Waals surface area contributed by atoms with E-state index in [0.29, 0.717) is 5.82 Å². The summed E-state index contributed by atoms with van der Waals surface area (Å²) in [6.07, 6.45) is 1.13. The Balaban J connectivity index is 1.97. The molecule has 2 heterocycles. The first-order valence-corrected chi connectivity index (χ1v) is 4.40. The number of hydrogen-bond donors (Lipinski definition) is 2. The Morgan fingerprint density at radius 3 is 2.82 bits per heavy atom. The number of carboxylic acid groups (broad SMARTS) is 1. The molecule has 9 nitrogen and oxygen atoms in total. The van der Waals surface area contributed by atoms with Crippen molar-refractivity contribution in [2.24, 2.45) is 0 Å². The number of rotatable bonds is 4. The van der Waals surface area contributed by atoms with Crippen LogP contribution in [0.5, 0.6) is 0 Å². The molecule has 0 saturated carbocycles. The summed E-state index contributed by atoms with van der Waals surface area (Å²) in [6, 6.07) is 1.02. The predicted molar refractivity (Wildman–Crippen MR) is 48.9 cm³/mol. The number of amides is 1. The zero-order valence-electron chi connectivity index (χ0n) is 8.28. The highest BCUT2D eigenvalue weighted by atomic mass is 16.5. The van der Waals surface area contributed by atoms with Crippen molar-refractivity contribution in [1.82, 2.24) is 20.6 Å². The highest BCUT2D eigenvalue weighted by Crippen LogP contribution is 2.03. The fraction of sp³-hybridized carbons (Fsp3) is 0.125. The van der Waals surface area contributed by atoms with Crippen molar-refractivity contribution in [3.8, 4) is 0 Å². The van der Waals surface area contributed by atoms with Crippen LogP contribution in [-0.4, -0.2) is 32.3 Å².